The summed E-state index contributed by atoms with van der Waals surface area (Å²) in [6, 6.07) is 11.0. The summed E-state index contributed by atoms with van der Waals surface area (Å²) in [5.41, 5.74) is 3.32. The van der Waals surface area contributed by atoms with E-state index in [2.05, 4.69) is 88.0 Å². The van der Waals surface area contributed by atoms with Gasteiger partial charge in [-0.2, -0.15) is 4.58 Å². The Morgan fingerprint density at radius 2 is 1.90 bits per heavy atom. The number of ether oxygens (including phenoxy) is 1. The number of aliphatic hydroxyl groups is 1. The van der Waals surface area contributed by atoms with Crippen LogP contribution in [0.5, 0.6) is 0 Å². The van der Waals surface area contributed by atoms with Gasteiger partial charge in [-0.05, 0) is 45.9 Å². The van der Waals surface area contributed by atoms with Crippen LogP contribution in [0.3, 0.4) is 0 Å². The first-order valence-electron chi connectivity index (χ1n) is 10.6. The molecule has 0 saturated heterocycles. The van der Waals surface area contributed by atoms with Crippen molar-refractivity contribution in [1.82, 2.24) is 0 Å². The van der Waals surface area contributed by atoms with Crippen LogP contribution < -0.4 is 0 Å². The zero-order valence-corrected chi connectivity index (χ0v) is 18.4. The Hall–Kier alpha value is -2.55. The summed E-state index contributed by atoms with van der Waals surface area (Å²) in [5.74, 6) is 1.01. The molecule has 0 radical (unpaired) electrons. The third-order valence-corrected chi connectivity index (χ3v) is 6.51. The Bertz CT molecular complexity index is 1070. The van der Waals surface area contributed by atoms with E-state index < -0.39 is 5.54 Å². The number of hydrogen-bond donors (Lipinski definition) is 1. The van der Waals surface area contributed by atoms with Crippen LogP contribution in [0.1, 0.15) is 70.1 Å². The fraction of sp³-hybridized carbons (Fsp3) is 0.423. The molecule has 0 aromatic heterocycles. The van der Waals surface area contributed by atoms with Crippen molar-refractivity contribution in [2.24, 2.45) is 0 Å². The third-order valence-electron chi connectivity index (χ3n) is 6.51. The highest BCUT2D eigenvalue weighted by Gasteiger charge is 2.64. The molecule has 2 aliphatic rings. The first-order valence-corrected chi connectivity index (χ1v) is 10.6. The molecular weight excluding hydrogens is 358 g/mol. The summed E-state index contributed by atoms with van der Waals surface area (Å²) in [6.45, 7) is 11.1. The minimum Gasteiger partial charge on any atom is -0.503 e. The van der Waals surface area contributed by atoms with E-state index in [-0.39, 0.29) is 11.3 Å². The zero-order valence-electron chi connectivity index (χ0n) is 18.4. The SMILES string of the molecule is CCC/C=C\[N+]1=Cc2cc(C(C)(C)C)c3ccccc3c2C2C(OC)=C(O)C21C. The third kappa shape index (κ3) is 2.74. The van der Waals surface area contributed by atoms with E-state index in [1.807, 2.05) is 0 Å². The molecular formula is C26H32NO2+. The fourth-order valence-corrected chi connectivity index (χ4v) is 4.90. The smallest absolute Gasteiger partial charge is 0.238 e. The van der Waals surface area contributed by atoms with Crippen molar-refractivity contribution in [2.45, 2.75) is 64.3 Å². The van der Waals surface area contributed by atoms with Crippen molar-refractivity contribution in [3.63, 3.8) is 0 Å². The molecule has 152 valence electrons. The van der Waals surface area contributed by atoms with Crippen molar-refractivity contribution in [2.75, 3.05) is 7.11 Å². The molecule has 2 atom stereocenters. The molecule has 1 aliphatic carbocycles. The maximum Gasteiger partial charge on any atom is 0.238 e. The van der Waals surface area contributed by atoms with E-state index in [0.717, 1.165) is 12.8 Å². The van der Waals surface area contributed by atoms with Gasteiger partial charge in [-0.15, -0.1) is 0 Å². The maximum absolute atomic E-state index is 10.9. The van der Waals surface area contributed by atoms with Gasteiger partial charge < -0.3 is 9.84 Å². The second kappa shape index (κ2) is 6.76. The number of methoxy groups -OCH3 is 1. The molecule has 1 aliphatic heterocycles. The van der Waals surface area contributed by atoms with E-state index in [4.69, 9.17) is 4.74 Å². The quantitative estimate of drug-likeness (QED) is 0.633. The zero-order chi connectivity index (χ0) is 21.0. The van der Waals surface area contributed by atoms with Crippen molar-refractivity contribution < 1.29 is 14.4 Å². The van der Waals surface area contributed by atoms with Crippen molar-refractivity contribution >= 4 is 17.0 Å². The molecule has 2 unspecified atom stereocenters. The van der Waals surface area contributed by atoms with Gasteiger partial charge in [0.15, 0.2) is 18.2 Å². The predicted octanol–water partition coefficient (Wildman–Crippen LogP) is 6.17. The van der Waals surface area contributed by atoms with E-state index >= 15 is 0 Å². The first kappa shape index (κ1) is 19.8. The topological polar surface area (TPSA) is 32.5 Å². The highest BCUT2D eigenvalue weighted by molar-refractivity contribution is 5.98. The van der Waals surface area contributed by atoms with Gasteiger partial charge in [0, 0.05) is 12.5 Å². The summed E-state index contributed by atoms with van der Waals surface area (Å²) >= 11 is 0. The fourth-order valence-electron chi connectivity index (χ4n) is 4.90. The molecule has 0 fully saturated rings. The molecule has 0 bridgehead atoms. The molecule has 29 heavy (non-hydrogen) atoms. The van der Waals surface area contributed by atoms with E-state index in [1.54, 1.807) is 7.11 Å². The number of benzene rings is 2. The summed E-state index contributed by atoms with van der Waals surface area (Å²) in [4.78, 5) is 0. The summed E-state index contributed by atoms with van der Waals surface area (Å²) in [7, 11) is 1.66. The summed E-state index contributed by atoms with van der Waals surface area (Å²) in [5, 5.41) is 13.5. The molecule has 2 aromatic carbocycles. The standard InChI is InChI=1S/C26H31NO2/c1-7-8-11-14-27-16-17-15-20(25(2,3)4)18-12-9-10-13-19(18)21(17)22-23(29-6)24(28)26(22,27)5/h9-16,22H,7-8H2,1-6H3/p+1/b14-11-. The lowest BCUT2D eigenvalue weighted by Crippen LogP contribution is -2.56. The minimum atomic E-state index is -0.519. The lowest BCUT2D eigenvalue weighted by molar-refractivity contribution is -0.548. The lowest BCUT2D eigenvalue weighted by Gasteiger charge is -2.45. The Morgan fingerprint density at radius 3 is 2.52 bits per heavy atom. The molecule has 1 heterocycles. The van der Waals surface area contributed by atoms with Crippen molar-refractivity contribution in [1.29, 1.82) is 0 Å². The highest BCUT2D eigenvalue weighted by atomic mass is 16.5. The highest BCUT2D eigenvalue weighted by Crippen LogP contribution is 2.56. The van der Waals surface area contributed by atoms with Gasteiger partial charge in [0.25, 0.3) is 0 Å². The molecule has 0 saturated carbocycles. The van der Waals surface area contributed by atoms with Gasteiger partial charge >= 0.3 is 0 Å². The Labute approximate surface area is 174 Å². The minimum absolute atomic E-state index is 0.00213. The van der Waals surface area contributed by atoms with Crippen LogP contribution >= 0.6 is 0 Å². The largest absolute Gasteiger partial charge is 0.503 e. The van der Waals surface area contributed by atoms with Gasteiger partial charge in [0.05, 0.1) is 7.11 Å². The summed E-state index contributed by atoms with van der Waals surface area (Å²) < 4.78 is 7.85. The summed E-state index contributed by atoms with van der Waals surface area (Å²) in [6.07, 6.45) is 8.62. The van der Waals surface area contributed by atoms with Crippen molar-refractivity contribution in [3.05, 3.63) is 70.8 Å². The Kier molecular flexibility index (Phi) is 4.60. The van der Waals surface area contributed by atoms with Gasteiger partial charge in [0.2, 0.25) is 11.3 Å². The van der Waals surface area contributed by atoms with E-state index in [0.29, 0.717) is 11.5 Å². The molecule has 4 rings (SSSR count). The number of fused-ring (bicyclic) bond motifs is 5. The molecule has 0 amide bonds. The van der Waals surface area contributed by atoms with Gasteiger partial charge in [-0.3, -0.25) is 0 Å². The normalized spacial score (nSPS) is 23.7. The molecule has 2 aromatic rings. The van der Waals surface area contributed by atoms with Crippen LogP contribution in [0.4, 0.5) is 0 Å². The van der Waals surface area contributed by atoms with Gasteiger partial charge in [-0.1, -0.05) is 58.4 Å². The molecule has 0 spiro atoms. The van der Waals surface area contributed by atoms with Crippen LogP contribution in [-0.2, 0) is 10.2 Å². The Balaban J connectivity index is 2.06. The monoisotopic (exact) mass is 390 g/mol. The number of allylic oxidation sites excluding steroid dienone is 1. The average molecular weight is 391 g/mol. The lowest BCUT2D eigenvalue weighted by atomic mass is 9.63. The van der Waals surface area contributed by atoms with Crippen LogP contribution in [0.25, 0.3) is 10.8 Å². The maximum atomic E-state index is 10.9. The molecule has 3 heteroatoms. The van der Waals surface area contributed by atoms with E-state index in [1.165, 1.54) is 27.5 Å². The second-order valence-electron chi connectivity index (χ2n) is 9.43. The van der Waals surface area contributed by atoms with Crippen LogP contribution in [0, 0.1) is 0 Å². The van der Waals surface area contributed by atoms with Crippen LogP contribution in [0.2, 0.25) is 0 Å². The van der Waals surface area contributed by atoms with Crippen molar-refractivity contribution in [3.8, 4) is 0 Å². The number of unbranched alkanes of at least 4 members (excludes halogenated alkanes) is 1. The number of rotatable bonds is 4. The second-order valence-corrected chi connectivity index (χ2v) is 9.43. The predicted molar refractivity (Wildman–Crippen MR) is 120 cm³/mol. The number of nitrogens with zero attached hydrogens (tertiary/aromatic N) is 1. The Morgan fingerprint density at radius 1 is 1.21 bits per heavy atom. The first-order chi connectivity index (χ1) is 13.7. The number of hydrogen-bond acceptors (Lipinski definition) is 2. The van der Waals surface area contributed by atoms with Gasteiger partial charge in [0.1, 0.15) is 5.92 Å². The van der Waals surface area contributed by atoms with Crippen LogP contribution in [0.15, 0.2) is 54.1 Å². The molecule has 3 nitrogen and oxygen atoms in total. The average Bonchev–Trinajstić information content (AvgIpc) is 2.69. The van der Waals surface area contributed by atoms with Crippen LogP contribution in [-0.4, -0.2) is 28.5 Å². The molecule has 1 N–H and O–H groups in total. The van der Waals surface area contributed by atoms with Gasteiger partial charge in [-0.25, -0.2) is 0 Å². The number of aliphatic hydroxyl groups excluding tert-OH is 1. The van der Waals surface area contributed by atoms with E-state index in [9.17, 15) is 5.11 Å².